The molecule has 0 aromatic rings. The zero-order chi connectivity index (χ0) is 16.3. The number of halogens is 2. The van der Waals surface area contributed by atoms with E-state index in [1.807, 2.05) is 5.73 Å². The summed E-state index contributed by atoms with van der Waals surface area (Å²) < 4.78 is 23.4. The normalized spacial score (nSPS) is 11.6. The average molecular weight is 308 g/mol. The van der Waals surface area contributed by atoms with Gasteiger partial charge in [0.1, 0.15) is 0 Å². The smallest absolute Gasteiger partial charge is 0.164 e. The van der Waals surface area contributed by atoms with Gasteiger partial charge in [0.25, 0.3) is 0 Å². The monoisotopic (exact) mass is 308 g/mol. The van der Waals surface area contributed by atoms with E-state index in [9.17, 15) is 8.78 Å². The van der Waals surface area contributed by atoms with Crippen LogP contribution in [0.4, 0.5) is 8.78 Å². The van der Waals surface area contributed by atoms with E-state index in [1.165, 1.54) is 25.3 Å². The molecule has 22 heavy (non-hydrogen) atoms. The summed E-state index contributed by atoms with van der Waals surface area (Å²) in [6.45, 7) is 2.14. The van der Waals surface area contributed by atoms with Crippen molar-refractivity contribution in [2.75, 3.05) is 0 Å². The van der Waals surface area contributed by atoms with Crippen LogP contribution in [0, 0.1) is 0 Å². The zero-order valence-electron chi connectivity index (χ0n) is 13.9. The van der Waals surface area contributed by atoms with Crippen molar-refractivity contribution in [2.45, 2.75) is 71.1 Å². The molecular weight excluding hydrogens is 278 g/mol. The minimum Gasteiger partial charge on any atom is -0.164 e. The summed E-state index contributed by atoms with van der Waals surface area (Å²) in [7, 11) is 0. The molecule has 2 heteroatoms. The Balaban J connectivity index is 3.30. The molecule has 0 rings (SSSR count). The van der Waals surface area contributed by atoms with Gasteiger partial charge in [-0.3, -0.25) is 0 Å². The van der Waals surface area contributed by atoms with Crippen LogP contribution >= 0.6 is 0 Å². The summed E-state index contributed by atoms with van der Waals surface area (Å²) >= 11 is 0. The second-order valence-electron chi connectivity index (χ2n) is 5.25. The molecule has 0 aliphatic carbocycles. The van der Waals surface area contributed by atoms with E-state index >= 15 is 0 Å². The van der Waals surface area contributed by atoms with Gasteiger partial charge in [0, 0.05) is 0 Å². The molecule has 0 aromatic carbocycles. The number of unbranched alkanes of at least 4 members (excludes halogenated alkanes) is 6. The summed E-state index contributed by atoms with van der Waals surface area (Å²) in [5, 5.41) is 0. The van der Waals surface area contributed by atoms with Crippen LogP contribution in [0.5, 0.6) is 0 Å². The Bertz CT molecular complexity index is 379. The van der Waals surface area contributed by atoms with Crippen LogP contribution in [0.2, 0.25) is 0 Å². The Morgan fingerprint density at radius 1 is 0.727 bits per heavy atom. The molecule has 0 fully saturated rings. The predicted octanol–water partition coefficient (Wildman–Crippen LogP) is 7.51. The Morgan fingerprint density at radius 2 is 1.27 bits per heavy atom. The molecule has 0 aliphatic rings. The van der Waals surface area contributed by atoms with Gasteiger partial charge in [-0.25, -0.2) is 0 Å². The standard InChI is InChI=1S/C20H30F2/c1-2-3-4-5-6-7-8-9-10-11-12-13-14-15-16-17-18-19-20(21)22/h3-4,6-7,9-10,18H,2,5,8,11-17H2,1H3/b4-3-,7-6-,10-9-. The molecule has 0 bridgehead atoms. The lowest BCUT2D eigenvalue weighted by Gasteiger charge is -1.97. The molecule has 0 unspecified atom stereocenters. The van der Waals surface area contributed by atoms with E-state index in [0.29, 0.717) is 6.42 Å². The second kappa shape index (κ2) is 17.7. The highest BCUT2D eigenvalue weighted by Gasteiger charge is 1.89. The lowest BCUT2D eigenvalue weighted by molar-refractivity contribution is 0.423. The Morgan fingerprint density at radius 3 is 1.91 bits per heavy atom. The van der Waals surface area contributed by atoms with Gasteiger partial charge in [0.2, 0.25) is 0 Å². The van der Waals surface area contributed by atoms with Crippen LogP contribution < -0.4 is 0 Å². The van der Waals surface area contributed by atoms with Crippen molar-refractivity contribution in [2.24, 2.45) is 0 Å². The van der Waals surface area contributed by atoms with Gasteiger partial charge in [-0.15, -0.1) is 0 Å². The maximum absolute atomic E-state index is 11.7. The van der Waals surface area contributed by atoms with Crippen molar-refractivity contribution >= 4 is 0 Å². The van der Waals surface area contributed by atoms with E-state index in [4.69, 9.17) is 0 Å². The Labute approximate surface area is 135 Å². The topological polar surface area (TPSA) is 0 Å². The first-order valence-corrected chi connectivity index (χ1v) is 8.48. The summed E-state index contributed by atoms with van der Waals surface area (Å²) in [6.07, 6.45) is 23.7. The third-order valence-corrected chi connectivity index (χ3v) is 3.21. The zero-order valence-corrected chi connectivity index (χ0v) is 13.9. The maximum Gasteiger partial charge on any atom is 0.312 e. The predicted molar refractivity (Wildman–Crippen MR) is 93.1 cm³/mol. The van der Waals surface area contributed by atoms with E-state index in [2.05, 4.69) is 43.4 Å². The molecule has 0 amide bonds. The van der Waals surface area contributed by atoms with Gasteiger partial charge in [-0.2, -0.15) is 8.78 Å². The molecule has 0 aromatic heterocycles. The van der Waals surface area contributed by atoms with E-state index in [1.54, 1.807) is 0 Å². The van der Waals surface area contributed by atoms with Gasteiger partial charge < -0.3 is 0 Å². The minimum absolute atomic E-state index is 0.705. The van der Waals surface area contributed by atoms with Crippen LogP contribution in [-0.2, 0) is 0 Å². The first-order valence-electron chi connectivity index (χ1n) is 8.48. The highest BCUT2D eigenvalue weighted by atomic mass is 19.3. The highest BCUT2D eigenvalue weighted by Crippen LogP contribution is 2.08. The van der Waals surface area contributed by atoms with Crippen LogP contribution in [0.1, 0.15) is 71.1 Å². The number of hydrogen-bond acceptors (Lipinski definition) is 0. The first kappa shape index (κ1) is 20.6. The molecule has 0 saturated heterocycles. The van der Waals surface area contributed by atoms with Crippen molar-refractivity contribution in [3.63, 3.8) is 0 Å². The van der Waals surface area contributed by atoms with Crippen molar-refractivity contribution in [1.82, 2.24) is 0 Å². The van der Waals surface area contributed by atoms with Crippen LogP contribution in [0.3, 0.4) is 0 Å². The lowest BCUT2D eigenvalue weighted by Crippen LogP contribution is -1.78. The van der Waals surface area contributed by atoms with Crippen molar-refractivity contribution in [3.05, 3.63) is 54.3 Å². The third-order valence-electron chi connectivity index (χ3n) is 3.21. The van der Waals surface area contributed by atoms with Crippen molar-refractivity contribution < 1.29 is 8.78 Å². The maximum atomic E-state index is 11.7. The molecule has 0 radical (unpaired) electrons. The fourth-order valence-electron chi connectivity index (χ4n) is 2.01. The molecule has 0 aliphatic heterocycles. The summed E-state index contributed by atoms with van der Waals surface area (Å²) in [6, 6.07) is 0. The Hall–Kier alpha value is -1.40. The molecule has 0 atom stereocenters. The van der Waals surface area contributed by atoms with Gasteiger partial charge >= 0.3 is 6.08 Å². The molecule has 0 N–H and O–H groups in total. The fraction of sp³-hybridized carbons (Fsp3) is 0.550. The first-order chi connectivity index (χ1) is 10.8. The summed E-state index contributed by atoms with van der Waals surface area (Å²) in [4.78, 5) is 0. The number of allylic oxidation sites excluding steroid dienone is 7. The second-order valence-corrected chi connectivity index (χ2v) is 5.25. The third kappa shape index (κ3) is 18.6. The molecular formula is C20H30F2. The van der Waals surface area contributed by atoms with Crippen LogP contribution in [-0.4, -0.2) is 0 Å². The lowest BCUT2D eigenvalue weighted by atomic mass is 10.1. The Kier molecular flexibility index (Phi) is 16.5. The van der Waals surface area contributed by atoms with Gasteiger partial charge in [0.05, 0.1) is 0 Å². The fourth-order valence-corrected chi connectivity index (χ4v) is 2.01. The molecule has 0 heterocycles. The largest absolute Gasteiger partial charge is 0.312 e. The summed E-state index contributed by atoms with van der Waals surface area (Å²) in [5.41, 5.74) is 1.94. The molecule has 0 spiro atoms. The van der Waals surface area contributed by atoms with Gasteiger partial charge in [0.15, 0.2) is 0 Å². The quantitative estimate of drug-likeness (QED) is 0.187. The summed E-state index contributed by atoms with van der Waals surface area (Å²) in [5.74, 6) is 0. The average Bonchev–Trinajstić information content (AvgIpc) is 2.50. The van der Waals surface area contributed by atoms with Gasteiger partial charge in [-0.1, -0.05) is 68.4 Å². The minimum atomic E-state index is -1.72. The van der Waals surface area contributed by atoms with E-state index in [0.717, 1.165) is 38.5 Å². The van der Waals surface area contributed by atoms with E-state index in [-0.39, 0.29) is 0 Å². The number of rotatable bonds is 13. The van der Waals surface area contributed by atoms with Crippen molar-refractivity contribution in [1.29, 1.82) is 0 Å². The van der Waals surface area contributed by atoms with E-state index < -0.39 is 6.08 Å². The van der Waals surface area contributed by atoms with Gasteiger partial charge in [-0.05, 0) is 51.0 Å². The molecule has 0 nitrogen and oxygen atoms in total. The van der Waals surface area contributed by atoms with Crippen LogP contribution in [0.15, 0.2) is 54.3 Å². The van der Waals surface area contributed by atoms with Crippen molar-refractivity contribution in [3.8, 4) is 0 Å². The SMILES string of the molecule is CC/C=C\C/C=C\C/C=C\CCCCCCCC=C=C(F)F. The molecule has 0 saturated carbocycles. The van der Waals surface area contributed by atoms with Crippen LogP contribution in [0.25, 0.3) is 0 Å². The molecule has 124 valence electrons. The number of hydrogen-bond donors (Lipinski definition) is 0. The highest BCUT2D eigenvalue weighted by molar-refractivity contribution is 4.96.